The Balaban J connectivity index is 1.49. The van der Waals surface area contributed by atoms with Crippen molar-refractivity contribution >= 4 is 39.2 Å². The Labute approximate surface area is 189 Å². The quantitative estimate of drug-likeness (QED) is 0.396. The molecule has 0 fully saturated rings. The van der Waals surface area contributed by atoms with E-state index in [1.807, 2.05) is 67.7 Å². The fraction of sp³-hybridized carbons (Fsp3) is 0.120. The molecule has 0 saturated heterocycles. The number of likely N-dealkylation sites (N-methyl/N-ethyl adjacent to an activating group) is 1. The van der Waals surface area contributed by atoms with Gasteiger partial charge in [0.05, 0.1) is 28.8 Å². The number of rotatable bonds is 4. The highest BCUT2D eigenvalue weighted by molar-refractivity contribution is 6.05. The van der Waals surface area contributed by atoms with Crippen LogP contribution in [0.4, 0.5) is 11.5 Å². The number of hydrazine groups is 1. The second-order valence-electron chi connectivity index (χ2n) is 8.04. The number of hydrogen-bond donors (Lipinski definition) is 3. The number of nitrogens with zero attached hydrogens (tertiary/aromatic N) is 4. The number of carbonyl (C=O) groups excluding carboxylic acids is 1. The number of nitrogens with one attached hydrogen (secondary N) is 3. The molecule has 5 aromatic rings. The maximum absolute atomic E-state index is 14.0. The highest BCUT2D eigenvalue weighted by Crippen LogP contribution is 2.43. The van der Waals surface area contributed by atoms with Crippen LogP contribution in [0.5, 0.6) is 0 Å². The van der Waals surface area contributed by atoms with E-state index >= 15 is 0 Å². The predicted molar refractivity (Wildman–Crippen MR) is 128 cm³/mol. The summed E-state index contributed by atoms with van der Waals surface area (Å²) < 4.78 is 0. The molecular weight excluding hydrogens is 414 g/mol. The minimum Gasteiger partial charge on any atom is -0.312 e. The van der Waals surface area contributed by atoms with E-state index in [2.05, 4.69) is 37.0 Å². The smallest absolute Gasteiger partial charge is 0.255 e. The molecular formula is C25H21N7O. The first-order chi connectivity index (χ1) is 16.2. The van der Waals surface area contributed by atoms with Crippen LogP contribution >= 0.6 is 0 Å². The molecule has 2 unspecified atom stereocenters. The molecule has 1 aliphatic heterocycles. The number of hydrogen-bond acceptors (Lipinski definition) is 6. The third-order valence-corrected chi connectivity index (χ3v) is 6.23. The van der Waals surface area contributed by atoms with Crippen molar-refractivity contribution in [3.8, 4) is 0 Å². The normalized spacial score (nSPS) is 18.0. The first-order valence-corrected chi connectivity index (χ1v) is 10.7. The Morgan fingerprint density at radius 1 is 1.00 bits per heavy atom. The average Bonchev–Trinajstić information content (AvgIpc) is 3.33. The second kappa shape index (κ2) is 7.68. The van der Waals surface area contributed by atoms with Crippen molar-refractivity contribution in [1.29, 1.82) is 0 Å². The van der Waals surface area contributed by atoms with Crippen LogP contribution in [0, 0.1) is 0 Å². The number of aromatic amines is 1. The van der Waals surface area contributed by atoms with Crippen LogP contribution < -0.4 is 15.8 Å². The Hall–Kier alpha value is -4.30. The van der Waals surface area contributed by atoms with Crippen LogP contribution in [0.3, 0.4) is 0 Å². The van der Waals surface area contributed by atoms with Crippen molar-refractivity contribution in [1.82, 2.24) is 25.5 Å². The predicted octanol–water partition coefficient (Wildman–Crippen LogP) is 3.92. The summed E-state index contributed by atoms with van der Waals surface area (Å²) in [6.07, 6.45) is 3.28. The zero-order valence-electron chi connectivity index (χ0n) is 17.9. The lowest BCUT2D eigenvalue weighted by Crippen LogP contribution is -2.48. The molecule has 1 amide bonds. The number of amides is 1. The first-order valence-electron chi connectivity index (χ1n) is 10.7. The number of H-pyrrole nitrogens is 1. The van der Waals surface area contributed by atoms with Gasteiger partial charge >= 0.3 is 0 Å². The molecule has 0 radical (unpaired) electrons. The molecule has 0 saturated carbocycles. The summed E-state index contributed by atoms with van der Waals surface area (Å²) in [5.74, 6) is 0.0576. The molecule has 0 bridgehead atoms. The van der Waals surface area contributed by atoms with E-state index < -0.39 is 5.92 Å². The highest BCUT2D eigenvalue weighted by Gasteiger charge is 2.41. The van der Waals surface area contributed by atoms with Crippen LogP contribution in [0.1, 0.15) is 23.1 Å². The lowest BCUT2D eigenvalue weighted by molar-refractivity contribution is -0.120. The van der Waals surface area contributed by atoms with Gasteiger partial charge in [-0.05, 0) is 42.4 Å². The van der Waals surface area contributed by atoms with Crippen LogP contribution in [0.2, 0.25) is 0 Å². The molecule has 3 heterocycles. The molecule has 8 heteroatoms. The number of para-hydroxylation sites is 2. The fourth-order valence-corrected chi connectivity index (χ4v) is 4.65. The molecule has 6 rings (SSSR count). The highest BCUT2D eigenvalue weighted by atomic mass is 16.2. The SMILES string of the molecule is CNC1c2ccccc2N(Nc2ncnc3ccccc23)C(=O)C1c1ccc2cn[nH]c2c1. The summed E-state index contributed by atoms with van der Waals surface area (Å²) in [7, 11) is 1.89. The van der Waals surface area contributed by atoms with Gasteiger partial charge in [0.15, 0.2) is 5.82 Å². The molecule has 0 spiro atoms. The van der Waals surface area contributed by atoms with E-state index in [1.165, 1.54) is 6.33 Å². The second-order valence-corrected chi connectivity index (χ2v) is 8.04. The summed E-state index contributed by atoms with van der Waals surface area (Å²) in [6, 6.07) is 21.5. The van der Waals surface area contributed by atoms with Crippen LogP contribution in [0.15, 0.2) is 79.3 Å². The van der Waals surface area contributed by atoms with E-state index in [0.29, 0.717) is 5.82 Å². The lowest BCUT2D eigenvalue weighted by Gasteiger charge is -2.39. The van der Waals surface area contributed by atoms with E-state index in [4.69, 9.17) is 0 Å². The number of aromatic nitrogens is 4. The largest absolute Gasteiger partial charge is 0.312 e. The molecule has 2 aromatic heterocycles. The van der Waals surface area contributed by atoms with Crippen molar-refractivity contribution < 1.29 is 4.79 Å². The molecule has 33 heavy (non-hydrogen) atoms. The number of fused-ring (bicyclic) bond motifs is 3. The van der Waals surface area contributed by atoms with Crippen molar-refractivity contribution in [3.63, 3.8) is 0 Å². The standard InChI is InChI=1S/C25H21N7O/c1-26-23-18-7-3-5-9-21(18)32(31-24-17-6-2-4-8-19(17)27-14-28-24)25(33)22(23)15-10-11-16-13-29-30-20(16)12-15/h2-14,22-23,26H,1H3,(H,29,30)(H,27,28,31). The van der Waals surface area contributed by atoms with Gasteiger partial charge in [-0.1, -0.05) is 42.5 Å². The molecule has 8 nitrogen and oxygen atoms in total. The first kappa shape index (κ1) is 19.4. The minimum absolute atomic E-state index is 0.0744. The van der Waals surface area contributed by atoms with E-state index in [0.717, 1.165) is 38.6 Å². The van der Waals surface area contributed by atoms with Gasteiger partial charge in [0.25, 0.3) is 5.91 Å². The van der Waals surface area contributed by atoms with Crippen molar-refractivity contribution in [2.45, 2.75) is 12.0 Å². The van der Waals surface area contributed by atoms with Crippen molar-refractivity contribution in [2.75, 3.05) is 17.5 Å². The fourth-order valence-electron chi connectivity index (χ4n) is 4.65. The van der Waals surface area contributed by atoms with Gasteiger partial charge < -0.3 is 5.32 Å². The summed E-state index contributed by atoms with van der Waals surface area (Å²) in [6.45, 7) is 0. The number of benzene rings is 3. The molecule has 3 aromatic carbocycles. The minimum atomic E-state index is -0.446. The molecule has 3 N–H and O–H groups in total. The summed E-state index contributed by atoms with van der Waals surface area (Å²) >= 11 is 0. The van der Waals surface area contributed by atoms with Crippen LogP contribution in [-0.2, 0) is 4.79 Å². The van der Waals surface area contributed by atoms with E-state index in [1.54, 1.807) is 11.2 Å². The number of anilines is 2. The maximum Gasteiger partial charge on any atom is 0.255 e. The third kappa shape index (κ3) is 3.11. The van der Waals surface area contributed by atoms with E-state index in [9.17, 15) is 4.79 Å². The Bertz CT molecular complexity index is 1490. The zero-order chi connectivity index (χ0) is 22.4. The van der Waals surface area contributed by atoms with Gasteiger partial charge in [-0.15, -0.1) is 0 Å². The molecule has 162 valence electrons. The van der Waals surface area contributed by atoms with Gasteiger partial charge in [0.2, 0.25) is 0 Å². The van der Waals surface area contributed by atoms with Gasteiger partial charge in [0, 0.05) is 16.8 Å². The van der Waals surface area contributed by atoms with Crippen LogP contribution in [-0.4, -0.2) is 33.1 Å². The summed E-state index contributed by atoms with van der Waals surface area (Å²) in [5, 5.41) is 14.0. The summed E-state index contributed by atoms with van der Waals surface area (Å²) in [5.41, 5.74) is 7.73. The Morgan fingerprint density at radius 2 is 1.85 bits per heavy atom. The van der Waals surface area contributed by atoms with Crippen molar-refractivity contribution in [2.24, 2.45) is 0 Å². The lowest BCUT2D eigenvalue weighted by atomic mass is 9.82. The monoisotopic (exact) mass is 435 g/mol. The molecule has 2 atom stereocenters. The van der Waals surface area contributed by atoms with Gasteiger partial charge in [-0.3, -0.25) is 15.3 Å². The third-order valence-electron chi connectivity index (χ3n) is 6.23. The van der Waals surface area contributed by atoms with Gasteiger partial charge in [-0.25, -0.2) is 15.0 Å². The Morgan fingerprint density at radius 3 is 2.76 bits per heavy atom. The van der Waals surface area contributed by atoms with Gasteiger partial charge in [0.1, 0.15) is 6.33 Å². The maximum atomic E-state index is 14.0. The average molecular weight is 435 g/mol. The van der Waals surface area contributed by atoms with E-state index in [-0.39, 0.29) is 11.9 Å². The summed E-state index contributed by atoms with van der Waals surface area (Å²) in [4.78, 5) is 22.8. The van der Waals surface area contributed by atoms with Crippen LogP contribution in [0.25, 0.3) is 21.8 Å². The number of carbonyl (C=O) groups is 1. The Kier molecular flexibility index (Phi) is 4.51. The van der Waals surface area contributed by atoms with Gasteiger partial charge in [-0.2, -0.15) is 5.10 Å². The van der Waals surface area contributed by atoms with Crippen molar-refractivity contribution in [3.05, 3.63) is 90.4 Å². The molecule has 1 aliphatic rings. The topological polar surface area (TPSA) is 98.8 Å². The zero-order valence-corrected chi connectivity index (χ0v) is 17.9. The molecule has 0 aliphatic carbocycles.